The maximum absolute atomic E-state index is 10.6. The number of hydrogen-bond acceptors (Lipinski definition) is 2. The number of halogens is 1. The number of rotatable bonds is 2. The molecule has 0 saturated carbocycles. The second kappa shape index (κ2) is 5.11. The Kier molecular flexibility index (Phi) is 3.32. The zero-order valence-electron chi connectivity index (χ0n) is 10.1. The number of aliphatic hydroxyl groups is 1. The van der Waals surface area contributed by atoms with Gasteiger partial charge in [-0.15, -0.1) is 0 Å². The Morgan fingerprint density at radius 3 is 2.47 bits per heavy atom. The van der Waals surface area contributed by atoms with E-state index in [2.05, 4.69) is 20.9 Å². The summed E-state index contributed by atoms with van der Waals surface area (Å²) >= 11 is 3.39. The van der Waals surface area contributed by atoms with Crippen LogP contribution in [0.15, 0.2) is 65.4 Å². The molecule has 1 aromatic heterocycles. The quantitative estimate of drug-likeness (QED) is 0.723. The fraction of sp³-hybridized carbons (Fsp3) is 0.0625. The summed E-state index contributed by atoms with van der Waals surface area (Å²) in [5, 5.41) is 12.8. The number of nitrogens with zero attached hydrogens (tertiary/aromatic N) is 1. The minimum atomic E-state index is -0.686. The Morgan fingerprint density at radius 1 is 0.895 bits per heavy atom. The van der Waals surface area contributed by atoms with E-state index in [-0.39, 0.29) is 0 Å². The summed E-state index contributed by atoms with van der Waals surface area (Å²) in [6.07, 6.45) is 1.01. The number of aliphatic hydroxyl groups excluding tert-OH is 1. The predicted octanol–water partition coefficient (Wildman–Crippen LogP) is 4.08. The molecule has 3 rings (SSSR count). The topological polar surface area (TPSA) is 33.1 Å². The summed E-state index contributed by atoms with van der Waals surface area (Å²) in [5.41, 5.74) is 1.67. The summed E-state index contributed by atoms with van der Waals surface area (Å²) in [5.74, 6) is 0. The van der Waals surface area contributed by atoms with Gasteiger partial charge < -0.3 is 5.11 Å². The summed E-state index contributed by atoms with van der Waals surface area (Å²) in [7, 11) is 0. The Labute approximate surface area is 119 Å². The van der Waals surface area contributed by atoms with Crippen LogP contribution in [0, 0.1) is 0 Å². The molecule has 94 valence electrons. The van der Waals surface area contributed by atoms with Gasteiger partial charge in [-0.2, -0.15) is 0 Å². The van der Waals surface area contributed by atoms with E-state index in [4.69, 9.17) is 0 Å². The third-order valence-corrected chi connectivity index (χ3v) is 3.86. The molecule has 1 N–H and O–H groups in total. The van der Waals surface area contributed by atoms with Crippen molar-refractivity contribution in [1.82, 2.24) is 4.98 Å². The van der Waals surface area contributed by atoms with E-state index in [1.807, 2.05) is 54.6 Å². The Hall–Kier alpha value is -1.71. The van der Waals surface area contributed by atoms with Crippen molar-refractivity contribution in [3.63, 3.8) is 0 Å². The maximum atomic E-state index is 10.6. The van der Waals surface area contributed by atoms with E-state index in [1.165, 1.54) is 0 Å². The van der Waals surface area contributed by atoms with Crippen LogP contribution in [0.25, 0.3) is 10.8 Å². The Balaban J connectivity index is 2.17. The number of pyridine rings is 1. The van der Waals surface area contributed by atoms with Crippen LogP contribution in [0.2, 0.25) is 0 Å². The second-order valence-corrected chi connectivity index (χ2v) is 5.11. The van der Waals surface area contributed by atoms with Crippen LogP contribution in [-0.4, -0.2) is 10.1 Å². The third kappa shape index (κ3) is 2.27. The second-order valence-electron chi connectivity index (χ2n) is 4.35. The molecule has 2 aromatic carbocycles. The van der Waals surface area contributed by atoms with E-state index in [9.17, 15) is 5.11 Å². The van der Waals surface area contributed by atoms with Crippen LogP contribution < -0.4 is 0 Å². The van der Waals surface area contributed by atoms with Gasteiger partial charge in [0.2, 0.25) is 0 Å². The molecular weight excluding hydrogens is 302 g/mol. The summed E-state index contributed by atoms with van der Waals surface area (Å²) in [4.78, 5) is 4.16. The smallest absolute Gasteiger partial charge is 0.112 e. The van der Waals surface area contributed by atoms with Gasteiger partial charge in [-0.05, 0) is 38.3 Å². The molecular formula is C16H12BrNO. The highest BCUT2D eigenvalue weighted by Crippen LogP contribution is 2.31. The van der Waals surface area contributed by atoms with Gasteiger partial charge in [0.1, 0.15) is 10.7 Å². The monoisotopic (exact) mass is 313 g/mol. The molecule has 0 fully saturated rings. The largest absolute Gasteiger partial charge is 0.384 e. The lowest BCUT2D eigenvalue weighted by Gasteiger charge is -2.15. The molecule has 3 heteroatoms. The average Bonchev–Trinajstić information content (AvgIpc) is 2.46. The minimum Gasteiger partial charge on any atom is -0.384 e. The SMILES string of the molecule is OC(c1cccnc1Br)c1cccc2ccccc12. The number of aromatic nitrogens is 1. The van der Waals surface area contributed by atoms with E-state index in [0.717, 1.165) is 21.9 Å². The van der Waals surface area contributed by atoms with Crippen LogP contribution in [0.5, 0.6) is 0 Å². The highest BCUT2D eigenvalue weighted by atomic mass is 79.9. The first-order chi connectivity index (χ1) is 9.27. The van der Waals surface area contributed by atoms with Crippen molar-refractivity contribution >= 4 is 26.7 Å². The Bertz CT molecular complexity index is 721. The number of fused-ring (bicyclic) bond motifs is 1. The van der Waals surface area contributed by atoms with Gasteiger partial charge in [0.25, 0.3) is 0 Å². The predicted molar refractivity (Wildman–Crippen MR) is 79.9 cm³/mol. The van der Waals surface area contributed by atoms with Crippen molar-refractivity contribution in [2.24, 2.45) is 0 Å². The highest BCUT2D eigenvalue weighted by Gasteiger charge is 2.16. The molecule has 0 radical (unpaired) electrons. The lowest BCUT2D eigenvalue weighted by molar-refractivity contribution is 0.220. The molecule has 1 atom stereocenters. The summed E-state index contributed by atoms with van der Waals surface area (Å²) in [6.45, 7) is 0. The van der Waals surface area contributed by atoms with E-state index in [0.29, 0.717) is 4.60 Å². The standard InChI is InChI=1S/C16H12BrNO/c17-16-14(9-4-10-18-16)15(19)13-8-3-6-11-5-1-2-7-12(11)13/h1-10,15,19H. The van der Waals surface area contributed by atoms with Crippen LogP contribution in [0.4, 0.5) is 0 Å². The van der Waals surface area contributed by atoms with Crippen molar-refractivity contribution in [2.75, 3.05) is 0 Å². The summed E-state index contributed by atoms with van der Waals surface area (Å²) in [6, 6.07) is 17.7. The van der Waals surface area contributed by atoms with Crippen molar-refractivity contribution < 1.29 is 5.11 Å². The van der Waals surface area contributed by atoms with Crippen LogP contribution >= 0.6 is 15.9 Å². The van der Waals surface area contributed by atoms with E-state index < -0.39 is 6.10 Å². The number of benzene rings is 2. The fourth-order valence-corrected chi connectivity index (χ4v) is 2.73. The maximum Gasteiger partial charge on any atom is 0.112 e. The van der Waals surface area contributed by atoms with Crippen LogP contribution in [-0.2, 0) is 0 Å². The van der Waals surface area contributed by atoms with Gasteiger partial charge in [-0.3, -0.25) is 0 Å². The lowest BCUT2D eigenvalue weighted by atomic mass is 9.97. The van der Waals surface area contributed by atoms with Crippen molar-refractivity contribution in [1.29, 1.82) is 0 Å². The van der Waals surface area contributed by atoms with Gasteiger partial charge in [0, 0.05) is 11.8 Å². The first kappa shape index (κ1) is 12.3. The zero-order valence-corrected chi connectivity index (χ0v) is 11.7. The van der Waals surface area contributed by atoms with Gasteiger partial charge in [-0.25, -0.2) is 4.98 Å². The molecule has 0 bridgehead atoms. The van der Waals surface area contributed by atoms with Crippen LogP contribution in [0.1, 0.15) is 17.2 Å². The van der Waals surface area contributed by atoms with Crippen molar-refractivity contribution in [3.05, 3.63) is 76.5 Å². The Morgan fingerprint density at radius 2 is 1.63 bits per heavy atom. The average molecular weight is 314 g/mol. The summed E-state index contributed by atoms with van der Waals surface area (Å²) < 4.78 is 0.676. The lowest BCUT2D eigenvalue weighted by Crippen LogP contribution is -2.02. The highest BCUT2D eigenvalue weighted by molar-refractivity contribution is 9.10. The van der Waals surface area contributed by atoms with Gasteiger partial charge >= 0.3 is 0 Å². The molecule has 0 amide bonds. The van der Waals surface area contributed by atoms with E-state index in [1.54, 1.807) is 6.20 Å². The van der Waals surface area contributed by atoms with Crippen molar-refractivity contribution in [2.45, 2.75) is 6.10 Å². The zero-order chi connectivity index (χ0) is 13.2. The fourth-order valence-electron chi connectivity index (χ4n) is 2.26. The first-order valence-electron chi connectivity index (χ1n) is 6.03. The van der Waals surface area contributed by atoms with Gasteiger partial charge in [0.05, 0.1) is 0 Å². The van der Waals surface area contributed by atoms with Crippen molar-refractivity contribution in [3.8, 4) is 0 Å². The van der Waals surface area contributed by atoms with Crippen LogP contribution in [0.3, 0.4) is 0 Å². The minimum absolute atomic E-state index is 0.676. The molecule has 19 heavy (non-hydrogen) atoms. The van der Waals surface area contributed by atoms with Gasteiger partial charge in [-0.1, -0.05) is 48.5 Å². The number of hydrogen-bond donors (Lipinski definition) is 1. The molecule has 3 aromatic rings. The molecule has 0 spiro atoms. The molecule has 1 unspecified atom stereocenters. The normalized spacial score (nSPS) is 12.5. The third-order valence-electron chi connectivity index (χ3n) is 3.20. The molecule has 0 saturated heterocycles. The molecule has 0 aliphatic carbocycles. The first-order valence-corrected chi connectivity index (χ1v) is 6.83. The van der Waals surface area contributed by atoms with Gasteiger partial charge in [0.15, 0.2) is 0 Å². The van der Waals surface area contributed by atoms with E-state index >= 15 is 0 Å². The molecule has 2 nitrogen and oxygen atoms in total. The molecule has 1 heterocycles. The molecule has 0 aliphatic heterocycles. The molecule has 0 aliphatic rings.